The molecule has 0 radical (unpaired) electrons. The van der Waals surface area contributed by atoms with Crippen molar-refractivity contribution in [3.05, 3.63) is 33.7 Å². The van der Waals surface area contributed by atoms with Gasteiger partial charge in [0.05, 0.1) is 33.0 Å². The molecule has 6 heteroatoms. The Balaban J connectivity index is 2.11. The van der Waals surface area contributed by atoms with Crippen molar-refractivity contribution < 1.29 is 18.9 Å². The molecule has 0 atom stereocenters. The molecule has 1 rings (SSSR count). The molecule has 5 nitrogen and oxygen atoms in total. The molecule has 0 amide bonds. The number of nitrogens with zero attached hydrogens (tertiary/aromatic N) is 1. The highest BCUT2D eigenvalue weighted by molar-refractivity contribution is 9.10. The van der Waals surface area contributed by atoms with Crippen molar-refractivity contribution in [2.24, 2.45) is 0 Å². The molecule has 0 N–H and O–H groups in total. The number of ether oxygens (including phenoxy) is 3. The van der Waals surface area contributed by atoms with E-state index >= 15 is 0 Å². The van der Waals surface area contributed by atoms with Crippen LogP contribution in [0.2, 0.25) is 0 Å². The average Bonchev–Trinajstić information content (AvgIpc) is 2.32. The van der Waals surface area contributed by atoms with Crippen LogP contribution in [-0.2, 0) is 20.8 Å². The van der Waals surface area contributed by atoms with E-state index in [0.29, 0.717) is 37.6 Å². The Morgan fingerprint density at radius 3 is 2.59 bits per heavy atom. The smallest absolute Gasteiger partial charge is 0.259 e. The molecule has 0 aromatic carbocycles. The predicted molar refractivity (Wildman–Crippen MR) is 65.5 cm³/mol. The van der Waals surface area contributed by atoms with Crippen molar-refractivity contribution >= 4 is 15.9 Å². The van der Waals surface area contributed by atoms with E-state index in [1.54, 1.807) is 13.2 Å². The minimum Gasteiger partial charge on any atom is -0.618 e. The van der Waals surface area contributed by atoms with Crippen LogP contribution in [0, 0.1) is 5.21 Å². The quantitative estimate of drug-likeness (QED) is 0.314. The molecule has 1 heterocycles. The van der Waals surface area contributed by atoms with Gasteiger partial charge in [0.2, 0.25) is 0 Å². The molecule has 96 valence electrons. The van der Waals surface area contributed by atoms with Gasteiger partial charge in [-0.3, -0.25) is 0 Å². The van der Waals surface area contributed by atoms with Crippen LogP contribution in [-0.4, -0.2) is 33.5 Å². The largest absolute Gasteiger partial charge is 0.618 e. The molecule has 0 bridgehead atoms. The first-order chi connectivity index (χ1) is 8.24. The van der Waals surface area contributed by atoms with E-state index in [4.69, 9.17) is 14.2 Å². The second-order valence-electron chi connectivity index (χ2n) is 3.34. The molecular weight excluding hydrogens is 290 g/mol. The summed E-state index contributed by atoms with van der Waals surface area (Å²) in [5.41, 5.74) is 0.833. The summed E-state index contributed by atoms with van der Waals surface area (Å²) < 4.78 is 16.7. The lowest BCUT2D eigenvalue weighted by Crippen LogP contribution is -2.27. The van der Waals surface area contributed by atoms with E-state index in [9.17, 15) is 5.21 Å². The van der Waals surface area contributed by atoms with E-state index in [1.807, 2.05) is 6.07 Å². The number of aromatic nitrogens is 1. The highest BCUT2D eigenvalue weighted by Crippen LogP contribution is 2.05. The van der Waals surface area contributed by atoms with E-state index in [0.717, 1.165) is 10.3 Å². The third kappa shape index (κ3) is 5.97. The van der Waals surface area contributed by atoms with Crippen LogP contribution in [0.5, 0.6) is 0 Å². The summed E-state index contributed by atoms with van der Waals surface area (Å²) in [7, 11) is 1.63. The predicted octanol–water partition coefficient (Wildman–Crippen LogP) is 1.26. The first-order valence-corrected chi connectivity index (χ1v) is 6.05. The second-order valence-corrected chi connectivity index (χ2v) is 4.16. The third-order valence-electron chi connectivity index (χ3n) is 2.00. The molecule has 1 aromatic rings. The zero-order chi connectivity index (χ0) is 12.5. The molecule has 0 aliphatic carbocycles. The van der Waals surface area contributed by atoms with E-state index in [2.05, 4.69) is 15.9 Å². The molecule has 0 saturated carbocycles. The van der Waals surface area contributed by atoms with Gasteiger partial charge in [-0.2, -0.15) is 4.73 Å². The minimum atomic E-state index is 0.406. The van der Waals surface area contributed by atoms with Gasteiger partial charge in [-0.25, -0.2) is 0 Å². The van der Waals surface area contributed by atoms with Gasteiger partial charge in [-0.1, -0.05) is 0 Å². The van der Waals surface area contributed by atoms with Crippen molar-refractivity contribution in [1.82, 2.24) is 0 Å². The molecule has 1 aromatic heterocycles. The summed E-state index contributed by atoms with van der Waals surface area (Å²) in [4.78, 5) is 0. The van der Waals surface area contributed by atoms with Crippen molar-refractivity contribution in [3.63, 3.8) is 0 Å². The van der Waals surface area contributed by atoms with Gasteiger partial charge in [-0.15, -0.1) is 0 Å². The Bertz CT molecular complexity index is 335. The fourth-order valence-corrected chi connectivity index (χ4v) is 1.38. The van der Waals surface area contributed by atoms with Gasteiger partial charge in [0.1, 0.15) is 0 Å². The Kier molecular flexibility index (Phi) is 7.11. The number of hydrogen-bond acceptors (Lipinski definition) is 4. The number of pyridine rings is 1. The van der Waals surface area contributed by atoms with Gasteiger partial charge in [0, 0.05) is 34.7 Å². The lowest BCUT2D eigenvalue weighted by Gasteiger charge is -2.06. The van der Waals surface area contributed by atoms with Crippen molar-refractivity contribution in [1.29, 1.82) is 0 Å². The maximum absolute atomic E-state index is 11.2. The topological polar surface area (TPSA) is 54.6 Å². The second kappa shape index (κ2) is 8.41. The molecule has 0 fully saturated rings. The highest BCUT2D eigenvalue weighted by atomic mass is 79.9. The van der Waals surface area contributed by atoms with Crippen LogP contribution < -0.4 is 4.73 Å². The fraction of sp³-hybridized carbons (Fsp3) is 0.545. The summed E-state index contributed by atoms with van der Waals surface area (Å²) in [6.07, 6.45) is 1.48. The van der Waals surface area contributed by atoms with Gasteiger partial charge in [0.25, 0.3) is 4.60 Å². The molecule has 0 aliphatic heterocycles. The molecule has 0 spiro atoms. The lowest BCUT2D eigenvalue weighted by molar-refractivity contribution is -0.617. The van der Waals surface area contributed by atoms with Crippen molar-refractivity contribution in [2.75, 3.05) is 33.5 Å². The van der Waals surface area contributed by atoms with Crippen LogP contribution in [0.4, 0.5) is 0 Å². The number of halogens is 1. The fourth-order valence-electron chi connectivity index (χ4n) is 1.14. The lowest BCUT2D eigenvalue weighted by atomic mass is 10.3. The van der Waals surface area contributed by atoms with E-state index in [1.165, 1.54) is 6.20 Å². The zero-order valence-electron chi connectivity index (χ0n) is 9.73. The third-order valence-corrected chi connectivity index (χ3v) is 2.61. The Morgan fingerprint density at radius 2 is 1.88 bits per heavy atom. The summed E-state index contributed by atoms with van der Waals surface area (Å²) >= 11 is 3.12. The maximum Gasteiger partial charge on any atom is 0.259 e. The highest BCUT2D eigenvalue weighted by Gasteiger charge is 2.02. The van der Waals surface area contributed by atoms with E-state index < -0.39 is 0 Å². The number of rotatable bonds is 8. The molecule has 0 unspecified atom stereocenters. The number of methoxy groups -OCH3 is 1. The maximum atomic E-state index is 11.2. The minimum absolute atomic E-state index is 0.406. The monoisotopic (exact) mass is 305 g/mol. The average molecular weight is 306 g/mol. The van der Waals surface area contributed by atoms with Gasteiger partial charge in [0.15, 0.2) is 6.20 Å². The first kappa shape index (κ1) is 14.4. The van der Waals surface area contributed by atoms with Crippen LogP contribution in [0.25, 0.3) is 0 Å². The zero-order valence-corrected chi connectivity index (χ0v) is 11.3. The van der Waals surface area contributed by atoms with Crippen LogP contribution in [0.1, 0.15) is 5.56 Å². The van der Waals surface area contributed by atoms with Crippen LogP contribution >= 0.6 is 15.9 Å². The molecule has 0 saturated heterocycles. The van der Waals surface area contributed by atoms with Gasteiger partial charge in [-0.05, 0) is 6.07 Å². The van der Waals surface area contributed by atoms with Crippen LogP contribution in [0.15, 0.2) is 22.9 Å². The summed E-state index contributed by atoms with van der Waals surface area (Å²) in [5, 5.41) is 11.2. The van der Waals surface area contributed by atoms with Crippen molar-refractivity contribution in [2.45, 2.75) is 6.61 Å². The SMILES string of the molecule is COCCOCCOCc1ccc(Br)[n+]([O-])c1. The van der Waals surface area contributed by atoms with Gasteiger partial charge < -0.3 is 19.4 Å². The molecule has 17 heavy (non-hydrogen) atoms. The Morgan fingerprint density at radius 1 is 1.18 bits per heavy atom. The Hall–Kier alpha value is -0.690. The van der Waals surface area contributed by atoms with E-state index in [-0.39, 0.29) is 0 Å². The molecular formula is C11H16BrNO4. The summed E-state index contributed by atoms with van der Waals surface area (Å²) in [5.74, 6) is 0. The summed E-state index contributed by atoms with van der Waals surface area (Å²) in [6, 6.07) is 3.53. The normalized spacial score (nSPS) is 10.7. The van der Waals surface area contributed by atoms with Crippen molar-refractivity contribution in [3.8, 4) is 0 Å². The van der Waals surface area contributed by atoms with Gasteiger partial charge >= 0.3 is 0 Å². The first-order valence-electron chi connectivity index (χ1n) is 5.26. The summed E-state index contributed by atoms with van der Waals surface area (Å²) in [6.45, 7) is 2.58. The molecule has 0 aliphatic rings. The number of hydrogen-bond donors (Lipinski definition) is 0. The van der Waals surface area contributed by atoms with Crippen LogP contribution in [0.3, 0.4) is 0 Å². The Labute approximate surface area is 109 Å². The standard InChI is InChI=1S/C11H16BrNO4/c1-15-4-5-16-6-7-17-9-10-2-3-11(12)13(14)8-10/h2-3,8H,4-7,9H2,1H3.